The molecule has 3 fully saturated rings. The number of carboxylic acid groups (broad SMARTS) is 1. The lowest BCUT2D eigenvalue weighted by molar-refractivity contribution is -0.125. The number of phenols is 1. The van der Waals surface area contributed by atoms with Gasteiger partial charge >= 0.3 is 5.97 Å². The largest absolute Gasteiger partial charge is 0.503 e. The Morgan fingerprint density at radius 2 is 1.67 bits per heavy atom. The number of carbonyl (C=O) groups is 5. The van der Waals surface area contributed by atoms with E-state index in [0.717, 1.165) is 21.9 Å². The van der Waals surface area contributed by atoms with Gasteiger partial charge in [-0.3, -0.25) is 24.1 Å². The van der Waals surface area contributed by atoms with Crippen LogP contribution < -0.4 is 14.5 Å². The summed E-state index contributed by atoms with van der Waals surface area (Å²) in [5.74, 6) is -8.88. The Kier molecular flexibility index (Phi) is 7.50. The Hall–Kier alpha value is -4.26. The van der Waals surface area contributed by atoms with E-state index in [1.807, 2.05) is 0 Å². The number of carbonyl (C=O) groups excluding carboxylic acids is 4. The van der Waals surface area contributed by atoms with Gasteiger partial charge in [-0.25, -0.2) is 14.1 Å². The Balaban J connectivity index is 1.41. The zero-order valence-corrected chi connectivity index (χ0v) is 27.9. The van der Waals surface area contributed by atoms with Crippen LogP contribution in [0.3, 0.4) is 0 Å². The Morgan fingerprint density at radius 3 is 2.33 bits per heavy atom. The van der Waals surface area contributed by atoms with Gasteiger partial charge in [0, 0.05) is 5.92 Å². The highest BCUT2D eigenvalue weighted by Crippen LogP contribution is 2.66. The summed E-state index contributed by atoms with van der Waals surface area (Å²) in [5, 5.41) is 20.1. The Bertz CT molecular complexity index is 2010. The van der Waals surface area contributed by atoms with Crippen LogP contribution in [0, 0.1) is 23.6 Å². The highest BCUT2D eigenvalue weighted by atomic mass is 79.9. The molecule has 0 spiro atoms. The molecule has 6 atom stereocenters. The Morgan fingerprint density at radius 1 is 0.958 bits per heavy atom. The molecule has 0 radical (unpaired) electrons. The fourth-order valence-electron chi connectivity index (χ4n) is 7.72. The molecule has 0 aromatic heterocycles. The summed E-state index contributed by atoms with van der Waals surface area (Å²) in [4.78, 5) is 66.1. The maximum Gasteiger partial charge on any atom is 0.335 e. The van der Waals surface area contributed by atoms with Gasteiger partial charge < -0.3 is 14.9 Å². The van der Waals surface area contributed by atoms with Crippen LogP contribution in [0.5, 0.6) is 11.5 Å². The van der Waals surface area contributed by atoms with Crippen LogP contribution in [0.4, 0.5) is 15.8 Å². The van der Waals surface area contributed by atoms with E-state index in [1.165, 1.54) is 55.6 Å². The molecular weight excluding hydrogens is 734 g/mol. The van der Waals surface area contributed by atoms with Crippen molar-refractivity contribution in [2.24, 2.45) is 17.8 Å². The molecule has 2 heterocycles. The summed E-state index contributed by atoms with van der Waals surface area (Å²) in [5.41, 5.74) is 0.828. The van der Waals surface area contributed by atoms with Crippen LogP contribution in [0.25, 0.3) is 0 Å². The SMILES string of the molecule is COc1cc(C2C3=CCC4C(=O)N(c5cccc(C(=O)O)c5)C(=O)C4C3CC3(Cl)C(=O)N(c4ccc(F)cc4)C(=O)C23Cl)cc(Br)c1O. The number of hydrogen-bond acceptors (Lipinski definition) is 7. The number of allylic oxidation sites excluding steroid dienone is 2. The van der Waals surface area contributed by atoms with Gasteiger partial charge in [-0.2, -0.15) is 0 Å². The average Bonchev–Trinajstić information content (AvgIpc) is 3.40. The van der Waals surface area contributed by atoms with E-state index in [2.05, 4.69) is 15.9 Å². The number of anilines is 2. The monoisotopic (exact) mass is 756 g/mol. The maximum absolute atomic E-state index is 14.5. The molecule has 246 valence electrons. The first-order valence-corrected chi connectivity index (χ1v) is 16.3. The van der Waals surface area contributed by atoms with Crippen molar-refractivity contribution in [1.82, 2.24) is 0 Å². The highest BCUT2D eigenvalue weighted by molar-refractivity contribution is 9.10. The van der Waals surface area contributed by atoms with Crippen LogP contribution in [0.1, 0.15) is 34.7 Å². The molecule has 2 aliphatic heterocycles. The number of rotatable bonds is 5. The second-order valence-corrected chi connectivity index (χ2v) is 14.3. The first-order valence-electron chi connectivity index (χ1n) is 14.7. The van der Waals surface area contributed by atoms with Gasteiger partial charge in [0.1, 0.15) is 5.82 Å². The zero-order chi connectivity index (χ0) is 34.4. The quantitative estimate of drug-likeness (QED) is 0.190. The van der Waals surface area contributed by atoms with Gasteiger partial charge in [0.05, 0.1) is 40.4 Å². The van der Waals surface area contributed by atoms with Gasteiger partial charge in [-0.15, -0.1) is 23.2 Å². The van der Waals surface area contributed by atoms with Crippen molar-refractivity contribution in [3.05, 3.63) is 93.7 Å². The molecule has 6 unspecified atom stereocenters. The molecule has 3 aromatic rings. The fraction of sp³-hybridized carbons (Fsp3) is 0.265. The lowest BCUT2D eigenvalue weighted by atomic mass is 9.56. The van der Waals surface area contributed by atoms with E-state index in [1.54, 1.807) is 6.08 Å². The molecule has 14 heteroatoms. The third-order valence-corrected chi connectivity index (χ3v) is 11.9. The summed E-state index contributed by atoms with van der Waals surface area (Å²) < 4.78 is 19.4. The van der Waals surface area contributed by atoms with Crippen molar-refractivity contribution in [1.29, 1.82) is 0 Å². The number of imide groups is 2. The third kappa shape index (κ3) is 4.31. The topological polar surface area (TPSA) is 142 Å². The average molecular weight is 758 g/mol. The fourth-order valence-corrected chi connectivity index (χ4v) is 9.12. The van der Waals surface area contributed by atoms with E-state index in [9.17, 15) is 38.6 Å². The van der Waals surface area contributed by atoms with Gasteiger partial charge in [0.2, 0.25) is 11.8 Å². The van der Waals surface area contributed by atoms with E-state index >= 15 is 0 Å². The summed E-state index contributed by atoms with van der Waals surface area (Å²) >= 11 is 18.1. The lowest BCUT2D eigenvalue weighted by Gasteiger charge is -2.50. The lowest BCUT2D eigenvalue weighted by Crippen LogP contribution is -2.60. The van der Waals surface area contributed by atoms with Crippen LogP contribution in [0.15, 0.2) is 76.8 Å². The van der Waals surface area contributed by atoms with E-state index in [0.29, 0.717) is 11.1 Å². The smallest absolute Gasteiger partial charge is 0.335 e. The van der Waals surface area contributed by atoms with Gasteiger partial charge in [-0.1, -0.05) is 17.7 Å². The summed E-state index contributed by atoms with van der Waals surface area (Å²) in [6, 6.07) is 13.1. The number of benzene rings is 3. The van der Waals surface area contributed by atoms with Crippen LogP contribution in [-0.4, -0.2) is 56.7 Å². The van der Waals surface area contributed by atoms with Crippen molar-refractivity contribution >= 4 is 80.1 Å². The molecule has 2 saturated heterocycles. The first-order chi connectivity index (χ1) is 22.7. The molecule has 4 aliphatic rings. The van der Waals surface area contributed by atoms with Gasteiger partial charge in [0.25, 0.3) is 11.8 Å². The molecular formula is C34H24BrCl2FN2O8. The standard InChI is InChI=1S/C34H24BrCl2FN2O8/c1-48-24-13-16(12-23(35)27(24)41)26-20-9-10-21-25(29(43)39(28(21)42)19-4-2-3-15(11-19)30(44)45)22(20)14-33(36)31(46)40(32(47)34(26,33)37)18-7-5-17(38)6-8-18/h2-9,11-13,21-22,25-26,41H,10,14H2,1H3,(H,44,45). The number of halogens is 4. The van der Waals surface area contributed by atoms with Crippen LogP contribution in [0.2, 0.25) is 0 Å². The summed E-state index contributed by atoms with van der Waals surface area (Å²) in [6.45, 7) is 0. The minimum atomic E-state index is -2.18. The van der Waals surface area contributed by atoms with Crippen molar-refractivity contribution in [3.8, 4) is 11.5 Å². The number of aromatic carboxylic acids is 1. The maximum atomic E-state index is 14.5. The minimum Gasteiger partial charge on any atom is -0.503 e. The van der Waals surface area contributed by atoms with E-state index in [4.69, 9.17) is 27.9 Å². The number of methoxy groups -OCH3 is 1. The molecule has 48 heavy (non-hydrogen) atoms. The minimum absolute atomic E-state index is 0.0278. The summed E-state index contributed by atoms with van der Waals surface area (Å²) in [6.07, 6.45) is 1.52. The third-order valence-electron chi connectivity index (χ3n) is 9.85. The second kappa shape index (κ2) is 11.1. The number of nitrogens with zero attached hydrogens (tertiary/aromatic N) is 2. The number of amides is 4. The highest BCUT2D eigenvalue weighted by Gasteiger charge is 2.76. The van der Waals surface area contributed by atoms with E-state index < -0.39 is 68.8 Å². The molecule has 10 nitrogen and oxygen atoms in total. The zero-order valence-electron chi connectivity index (χ0n) is 24.8. The number of hydrogen-bond donors (Lipinski definition) is 2. The molecule has 0 bridgehead atoms. The number of carboxylic acids is 1. The number of fused-ring (bicyclic) bond motifs is 4. The van der Waals surface area contributed by atoms with Gasteiger partial charge in [0.15, 0.2) is 21.2 Å². The van der Waals surface area contributed by atoms with Crippen molar-refractivity contribution < 1.29 is 43.3 Å². The van der Waals surface area contributed by atoms with Crippen molar-refractivity contribution in [2.75, 3.05) is 16.9 Å². The van der Waals surface area contributed by atoms with Gasteiger partial charge in [-0.05, 0) is 94.9 Å². The molecule has 3 aromatic carbocycles. The first kappa shape index (κ1) is 32.3. The summed E-state index contributed by atoms with van der Waals surface area (Å²) in [7, 11) is 1.33. The Labute approximate surface area is 290 Å². The van der Waals surface area contributed by atoms with Crippen LogP contribution in [-0.2, 0) is 19.2 Å². The van der Waals surface area contributed by atoms with E-state index in [-0.39, 0.29) is 45.8 Å². The van der Waals surface area contributed by atoms with Crippen molar-refractivity contribution in [2.45, 2.75) is 28.5 Å². The molecule has 4 amide bonds. The number of aromatic hydroxyl groups is 1. The second-order valence-electron chi connectivity index (χ2n) is 12.2. The number of phenolic OH excluding ortho intramolecular Hbond substituents is 1. The molecule has 1 saturated carbocycles. The predicted molar refractivity (Wildman–Crippen MR) is 175 cm³/mol. The predicted octanol–water partition coefficient (Wildman–Crippen LogP) is 5.77. The van der Waals surface area contributed by atoms with Crippen molar-refractivity contribution in [3.63, 3.8) is 0 Å². The van der Waals surface area contributed by atoms with Crippen LogP contribution >= 0.6 is 39.1 Å². The normalized spacial score (nSPS) is 29.4. The number of ether oxygens (including phenoxy) is 1. The molecule has 2 N–H and O–H groups in total. The molecule has 2 aliphatic carbocycles. The molecule has 7 rings (SSSR count). The number of alkyl halides is 2.